The molecular weight excluding hydrogens is 264 g/mol. The second-order valence-corrected chi connectivity index (χ2v) is 5.19. The maximum Gasteiger partial charge on any atom is 0.352 e. The summed E-state index contributed by atoms with van der Waals surface area (Å²) in [6.07, 6.45) is 1.14. The molecule has 0 saturated carbocycles. The van der Waals surface area contributed by atoms with Crippen molar-refractivity contribution in [2.24, 2.45) is 5.14 Å². The third kappa shape index (κ3) is 3.57. The highest BCUT2D eigenvalue weighted by Gasteiger charge is 2.14. The van der Waals surface area contributed by atoms with E-state index < -0.39 is 27.2 Å². The van der Waals surface area contributed by atoms with Gasteiger partial charge in [0, 0.05) is 12.6 Å². The van der Waals surface area contributed by atoms with Crippen molar-refractivity contribution >= 4 is 16.0 Å². The molecule has 1 aromatic rings. The van der Waals surface area contributed by atoms with Gasteiger partial charge in [-0.25, -0.2) is 18.4 Å². The minimum atomic E-state index is -3.73. The van der Waals surface area contributed by atoms with E-state index in [0.717, 1.165) is 16.8 Å². The molecule has 0 saturated heterocycles. The number of methoxy groups -OCH3 is 1. The van der Waals surface area contributed by atoms with Crippen molar-refractivity contribution in [2.45, 2.75) is 6.54 Å². The fourth-order valence-electron chi connectivity index (χ4n) is 1.30. The Morgan fingerprint density at radius 1 is 1.56 bits per heavy atom. The molecule has 18 heavy (non-hydrogen) atoms. The van der Waals surface area contributed by atoms with Gasteiger partial charge in [0.2, 0.25) is 15.5 Å². The number of aromatic carboxylic acids is 1. The summed E-state index contributed by atoms with van der Waals surface area (Å²) in [7, 11) is -2.48. The van der Waals surface area contributed by atoms with Crippen LogP contribution in [0.1, 0.15) is 10.5 Å². The number of carboxylic acids is 1. The van der Waals surface area contributed by atoms with Crippen molar-refractivity contribution in [3.63, 3.8) is 0 Å². The lowest BCUT2D eigenvalue weighted by atomic mass is 10.3. The zero-order chi connectivity index (χ0) is 13.9. The summed E-state index contributed by atoms with van der Waals surface area (Å²) in [6.45, 7) is -0.183. The Balaban J connectivity index is 3.22. The molecule has 1 rings (SSSR count). The first-order valence-electron chi connectivity index (χ1n) is 4.77. The van der Waals surface area contributed by atoms with Gasteiger partial charge in [-0.3, -0.25) is 4.79 Å². The maximum absolute atomic E-state index is 11.4. The van der Waals surface area contributed by atoms with Crippen LogP contribution in [0.15, 0.2) is 17.1 Å². The highest BCUT2D eigenvalue weighted by molar-refractivity contribution is 7.89. The van der Waals surface area contributed by atoms with E-state index in [2.05, 4.69) is 0 Å². The molecular formula is C9H12N2O6S. The third-order valence-corrected chi connectivity index (χ3v) is 2.90. The first-order valence-corrected chi connectivity index (χ1v) is 6.48. The number of rotatable bonds is 5. The van der Waals surface area contributed by atoms with E-state index in [9.17, 15) is 18.0 Å². The summed E-state index contributed by atoms with van der Waals surface area (Å²) in [5.41, 5.74) is -0.925. The average Bonchev–Trinajstić information content (AvgIpc) is 2.25. The van der Waals surface area contributed by atoms with E-state index >= 15 is 0 Å². The predicted octanol–water partition coefficient (Wildman–Crippen LogP) is -1.16. The molecule has 0 aromatic carbocycles. The number of carbonyl (C=O) groups is 1. The van der Waals surface area contributed by atoms with Crippen molar-refractivity contribution < 1.29 is 23.1 Å². The molecule has 9 heteroatoms. The number of hydrogen-bond donors (Lipinski definition) is 2. The molecule has 0 aliphatic rings. The van der Waals surface area contributed by atoms with E-state index in [1.54, 1.807) is 0 Å². The largest absolute Gasteiger partial charge is 0.491 e. The van der Waals surface area contributed by atoms with Gasteiger partial charge in [0.1, 0.15) is 5.69 Å². The van der Waals surface area contributed by atoms with Gasteiger partial charge in [-0.05, 0) is 0 Å². The molecule has 1 aromatic heterocycles. The van der Waals surface area contributed by atoms with Crippen LogP contribution in [0.4, 0.5) is 0 Å². The molecule has 0 aliphatic carbocycles. The monoisotopic (exact) mass is 276 g/mol. The lowest BCUT2D eigenvalue weighted by Crippen LogP contribution is -2.24. The molecule has 0 amide bonds. The van der Waals surface area contributed by atoms with Crippen molar-refractivity contribution in [1.29, 1.82) is 0 Å². The van der Waals surface area contributed by atoms with Crippen LogP contribution in [0.3, 0.4) is 0 Å². The topological polar surface area (TPSA) is 129 Å². The number of ether oxygens (including phenoxy) is 1. The Hall–Kier alpha value is -1.87. The quantitative estimate of drug-likeness (QED) is 0.698. The van der Waals surface area contributed by atoms with Crippen molar-refractivity contribution in [3.8, 4) is 5.75 Å². The first-order chi connectivity index (χ1) is 8.24. The summed E-state index contributed by atoms with van der Waals surface area (Å²) < 4.78 is 27.5. The summed E-state index contributed by atoms with van der Waals surface area (Å²) in [5, 5.41) is 13.7. The molecule has 3 N–H and O–H groups in total. The molecule has 0 unspecified atom stereocenters. The highest BCUT2D eigenvalue weighted by Crippen LogP contribution is 2.07. The Kier molecular flexibility index (Phi) is 4.09. The number of nitrogens with zero attached hydrogens (tertiary/aromatic N) is 1. The zero-order valence-corrected chi connectivity index (χ0v) is 10.3. The average molecular weight is 276 g/mol. The van der Waals surface area contributed by atoms with E-state index in [-0.39, 0.29) is 18.0 Å². The summed E-state index contributed by atoms with van der Waals surface area (Å²) >= 11 is 0. The Labute approximate surface area is 103 Å². The van der Waals surface area contributed by atoms with Gasteiger partial charge in [-0.2, -0.15) is 0 Å². The standard InChI is InChI=1S/C9H12N2O6S/c1-17-8-5-11(2-3-18(10,15)16)6(9(13)14)4-7(8)12/h4-5H,2-3H2,1H3,(H,13,14)(H2,10,15,16). The van der Waals surface area contributed by atoms with Crippen LogP contribution in [-0.4, -0.2) is 36.9 Å². The van der Waals surface area contributed by atoms with Crippen LogP contribution in [-0.2, 0) is 16.6 Å². The van der Waals surface area contributed by atoms with Crippen LogP contribution >= 0.6 is 0 Å². The van der Waals surface area contributed by atoms with Gasteiger partial charge in [0.05, 0.1) is 19.1 Å². The molecule has 0 aliphatic heterocycles. The normalized spacial score (nSPS) is 11.2. The molecule has 0 bridgehead atoms. The first kappa shape index (κ1) is 14.2. The van der Waals surface area contributed by atoms with E-state index in [1.807, 2.05) is 0 Å². The van der Waals surface area contributed by atoms with Crippen molar-refractivity contribution in [3.05, 3.63) is 28.2 Å². The molecule has 0 radical (unpaired) electrons. The highest BCUT2D eigenvalue weighted by atomic mass is 32.2. The molecule has 0 fully saturated rings. The Morgan fingerprint density at radius 3 is 2.61 bits per heavy atom. The molecule has 100 valence electrons. The number of carboxylic acid groups (broad SMARTS) is 1. The van der Waals surface area contributed by atoms with Crippen LogP contribution < -0.4 is 15.3 Å². The minimum absolute atomic E-state index is 0.0746. The number of sulfonamides is 1. The smallest absolute Gasteiger partial charge is 0.352 e. The van der Waals surface area contributed by atoms with Gasteiger partial charge in [-0.15, -0.1) is 0 Å². The van der Waals surface area contributed by atoms with E-state index in [4.69, 9.17) is 15.0 Å². The van der Waals surface area contributed by atoms with Gasteiger partial charge in [0.25, 0.3) is 0 Å². The second kappa shape index (κ2) is 5.19. The molecule has 1 heterocycles. The predicted molar refractivity (Wildman–Crippen MR) is 62.2 cm³/mol. The maximum atomic E-state index is 11.4. The number of pyridine rings is 1. The van der Waals surface area contributed by atoms with Gasteiger partial charge in [-0.1, -0.05) is 0 Å². The lowest BCUT2D eigenvalue weighted by molar-refractivity contribution is 0.0684. The van der Waals surface area contributed by atoms with Crippen molar-refractivity contribution in [2.75, 3.05) is 12.9 Å². The number of aromatic nitrogens is 1. The van der Waals surface area contributed by atoms with Crippen molar-refractivity contribution in [1.82, 2.24) is 4.57 Å². The number of primary sulfonamides is 1. The number of nitrogens with two attached hydrogens (primary N) is 1. The van der Waals surface area contributed by atoms with E-state index in [0.29, 0.717) is 0 Å². The van der Waals surface area contributed by atoms with E-state index in [1.165, 1.54) is 7.11 Å². The number of hydrogen-bond acceptors (Lipinski definition) is 5. The summed E-state index contributed by atoms with van der Waals surface area (Å²) in [6, 6.07) is 0.865. The van der Waals surface area contributed by atoms with Crippen LogP contribution in [0.2, 0.25) is 0 Å². The molecule has 8 nitrogen and oxygen atoms in total. The SMILES string of the molecule is COc1cn(CCS(N)(=O)=O)c(C(=O)O)cc1=O. The summed E-state index contributed by atoms with van der Waals surface area (Å²) in [4.78, 5) is 22.3. The lowest BCUT2D eigenvalue weighted by Gasteiger charge is -2.11. The Morgan fingerprint density at radius 2 is 2.17 bits per heavy atom. The Bertz CT molecular complexity index is 618. The van der Waals surface area contributed by atoms with Gasteiger partial charge >= 0.3 is 5.97 Å². The van der Waals surface area contributed by atoms with Crippen LogP contribution in [0.5, 0.6) is 5.75 Å². The van der Waals surface area contributed by atoms with Gasteiger partial charge in [0.15, 0.2) is 5.75 Å². The minimum Gasteiger partial charge on any atom is -0.491 e. The fraction of sp³-hybridized carbons (Fsp3) is 0.333. The van der Waals surface area contributed by atoms with Gasteiger partial charge < -0.3 is 14.4 Å². The second-order valence-electron chi connectivity index (χ2n) is 3.46. The third-order valence-electron chi connectivity index (χ3n) is 2.15. The van der Waals surface area contributed by atoms with Crippen LogP contribution in [0.25, 0.3) is 0 Å². The molecule has 0 atom stereocenters. The summed E-state index contributed by atoms with van der Waals surface area (Å²) in [5.74, 6) is -1.86. The van der Waals surface area contributed by atoms with Crippen LogP contribution in [0, 0.1) is 0 Å². The fourth-order valence-corrected chi connectivity index (χ4v) is 1.75. The number of aryl methyl sites for hydroxylation is 1. The molecule has 0 spiro atoms. The zero-order valence-electron chi connectivity index (χ0n) is 9.49.